The van der Waals surface area contributed by atoms with Crippen LogP contribution in [0.1, 0.15) is 34.9 Å². The summed E-state index contributed by atoms with van der Waals surface area (Å²) in [5.74, 6) is 0.0411. The van der Waals surface area contributed by atoms with Crippen molar-refractivity contribution in [2.75, 3.05) is 16.4 Å². The Morgan fingerprint density at radius 2 is 2.29 bits per heavy atom. The minimum Gasteiger partial charge on any atom is -0.397 e. The van der Waals surface area contributed by atoms with Gasteiger partial charge in [-0.1, -0.05) is 0 Å². The van der Waals surface area contributed by atoms with E-state index in [2.05, 4.69) is 22.1 Å². The normalized spacial score (nSPS) is 19.8. The maximum atomic E-state index is 11.5. The molecule has 0 bridgehead atoms. The zero-order chi connectivity index (χ0) is 14.4. The van der Waals surface area contributed by atoms with Gasteiger partial charge < -0.3 is 16.4 Å². The maximum Gasteiger partial charge on any atom is 0.228 e. The molecule has 1 unspecified atom stereocenters. The van der Waals surface area contributed by atoms with Crippen LogP contribution in [0.2, 0.25) is 0 Å². The number of thiophene rings is 1. The van der Waals surface area contributed by atoms with E-state index in [9.17, 15) is 4.79 Å². The van der Waals surface area contributed by atoms with E-state index in [1.165, 1.54) is 23.3 Å². The van der Waals surface area contributed by atoms with E-state index >= 15 is 0 Å². The van der Waals surface area contributed by atoms with Crippen LogP contribution in [0.15, 0.2) is 23.6 Å². The largest absolute Gasteiger partial charge is 0.397 e. The van der Waals surface area contributed by atoms with Crippen LogP contribution in [0, 0.1) is 0 Å². The van der Waals surface area contributed by atoms with Crippen molar-refractivity contribution in [3.8, 4) is 0 Å². The summed E-state index contributed by atoms with van der Waals surface area (Å²) in [5.41, 5.74) is 11.1. The Kier molecular flexibility index (Phi) is 2.89. The van der Waals surface area contributed by atoms with Crippen molar-refractivity contribution in [1.82, 2.24) is 0 Å². The average Bonchev–Trinajstić information content (AvgIpc) is 3.05. The van der Waals surface area contributed by atoms with Crippen molar-refractivity contribution in [3.63, 3.8) is 0 Å². The number of amides is 1. The number of aryl methyl sites for hydroxylation is 1. The average molecular weight is 299 g/mol. The second kappa shape index (κ2) is 4.77. The van der Waals surface area contributed by atoms with Crippen LogP contribution >= 0.6 is 11.3 Å². The predicted octanol–water partition coefficient (Wildman–Crippen LogP) is 3.31. The highest BCUT2D eigenvalue weighted by atomic mass is 32.1. The number of hydrogen-bond acceptors (Lipinski definition) is 4. The first-order chi connectivity index (χ1) is 10.2. The molecule has 0 fully saturated rings. The van der Waals surface area contributed by atoms with E-state index in [1.807, 2.05) is 23.5 Å². The molecule has 2 aliphatic rings. The fourth-order valence-electron chi connectivity index (χ4n) is 3.24. The Morgan fingerprint density at radius 1 is 1.38 bits per heavy atom. The first-order valence-corrected chi connectivity index (χ1v) is 8.14. The third-order valence-corrected chi connectivity index (χ3v) is 5.28. The van der Waals surface area contributed by atoms with Gasteiger partial charge in [-0.05, 0) is 54.0 Å². The zero-order valence-corrected chi connectivity index (χ0v) is 12.4. The van der Waals surface area contributed by atoms with E-state index in [1.54, 1.807) is 0 Å². The molecule has 1 aromatic carbocycles. The smallest absolute Gasteiger partial charge is 0.228 e. The summed E-state index contributed by atoms with van der Waals surface area (Å²) in [4.78, 5) is 12.9. The standard InChI is InChI=1S/C16H17N3OS/c17-11-6-9-7-16(20)19-13(9)8-14(11)18-12-2-1-3-15-10(12)4-5-21-15/h4-6,8,12,18H,1-3,7,17H2,(H,19,20). The number of carbonyl (C=O) groups is 1. The van der Waals surface area contributed by atoms with Gasteiger partial charge in [0.1, 0.15) is 0 Å². The molecule has 21 heavy (non-hydrogen) atoms. The van der Waals surface area contributed by atoms with Crippen LogP contribution < -0.4 is 16.4 Å². The van der Waals surface area contributed by atoms with Crippen molar-refractivity contribution in [3.05, 3.63) is 39.6 Å². The lowest BCUT2D eigenvalue weighted by Gasteiger charge is -2.25. The Labute approximate surface area is 127 Å². The van der Waals surface area contributed by atoms with Crippen molar-refractivity contribution < 1.29 is 4.79 Å². The van der Waals surface area contributed by atoms with Gasteiger partial charge in [-0.15, -0.1) is 11.3 Å². The third-order valence-electron chi connectivity index (χ3n) is 4.28. The molecule has 1 atom stereocenters. The lowest BCUT2D eigenvalue weighted by molar-refractivity contribution is -0.115. The van der Waals surface area contributed by atoms with Crippen molar-refractivity contribution in [2.45, 2.75) is 31.7 Å². The van der Waals surface area contributed by atoms with E-state index < -0.39 is 0 Å². The number of hydrogen-bond donors (Lipinski definition) is 3. The minimum atomic E-state index is 0.0411. The number of carbonyl (C=O) groups excluding carboxylic acids is 1. The molecule has 0 saturated carbocycles. The molecule has 108 valence electrons. The molecule has 2 heterocycles. The monoisotopic (exact) mass is 299 g/mol. The second-order valence-electron chi connectivity index (χ2n) is 5.71. The Hall–Kier alpha value is -2.01. The Bertz CT molecular complexity index is 722. The molecule has 2 aromatic rings. The summed E-state index contributed by atoms with van der Waals surface area (Å²) >= 11 is 1.84. The van der Waals surface area contributed by atoms with Gasteiger partial charge >= 0.3 is 0 Å². The fourth-order valence-corrected chi connectivity index (χ4v) is 4.23. The van der Waals surface area contributed by atoms with Gasteiger partial charge in [0.05, 0.1) is 23.8 Å². The van der Waals surface area contributed by atoms with Crippen LogP contribution in [0.4, 0.5) is 17.1 Å². The van der Waals surface area contributed by atoms with Crippen LogP contribution in [0.5, 0.6) is 0 Å². The summed E-state index contributed by atoms with van der Waals surface area (Å²) in [6, 6.07) is 6.41. The van der Waals surface area contributed by atoms with Crippen LogP contribution in [-0.4, -0.2) is 5.91 Å². The number of fused-ring (bicyclic) bond motifs is 2. The molecule has 0 radical (unpaired) electrons. The van der Waals surface area contributed by atoms with Gasteiger partial charge in [-0.3, -0.25) is 4.79 Å². The lowest BCUT2D eigenvalue weighted by Crippen LogP contribution is -2.16. The molecular formula is C16H17N3OS. The third kappa shape index (κ3) is 2.17. The molecule has 5 heteroatoms. The molecule has 1 aliphatic heterocycles. The fraction of sp³-hybridized carbons (Fsp3) is 0.312. The van der Waals surface area contributed by atoms with Gasteiger partial charge in [-0.2, -0.15) is 0 Å². The highest BCUT2D eigenvalue weighted by Gasteiger charge is 2.23. The number of nitrogens with one attached hydrogen (secondary N) is 2. The summed E-state index contributed by atoms with van der Waals surface area (Å²) in [6.07, 6.45) is 3.93. The van der Waals surface area contributed by atoms with Gasteiger partial charge in [0.15, 0.2) is 0 Å². The number of rotatable bonds is 2. The summed E-state index contributed by atoms with van der Waals surface area (Å²) in [5, 5.41) is 8.61. The zero-order valence-electron chi connectivity index (χ0n) is 11.6. The number of benzene rings is 1. The predicted molar refractivity (Wildman–Crippen MR) is 86.8 cm³/mol. The first kappa shape index (κ1) is 12.7. The highest BCUT2D eigenvalue weighted by Crippen LogP contribution is 2.38. The quantitative estimate of drug-likeness (QED) is 0.745. The molecule has 4 N–H and O–H groups in total. The summed E-state index contributed by atoms with van der Waals surface area (Å²) in [6.45, 7) is 0. The molecule has 0 saturated heterocycles. The highest BCUT2D eigenvalue weighted by molar-refractivity contribution is 7.10. The second-order valence-corrected chi connectivity index (χ2v) is 6.71. The molecule has 4 nitrogen and oxygen atoms in total. The molecule has 0 spiro atoms. The van der Waals surface area contributed by atoms with Gasteiger partial charge in [0, 0.05) is 10.6 Å². The molecule has 1 aromatic heterocycles. The van der Waals surface area contributed by atoms with Gasteiger partial charge in [0.25, 0.3) is 0 Å². The van der Waals surface area contributed by atoms with E-state index in [-0.39, 0.29) is 5.91 Å². The van der Waals surface area contributed by atoms with Gasteiger partial charge in [0.2, 0.25) is 5.91 Å². The first-order valence-electron chi connectivity index (χ1n) is 7.26. The minimum absolute atomic E-state index is 0.0411. The SMILES string of the molecule is Nc1cc2c(cc1NC1CCCc3sccc31)NC(=O)C2. The Balaban J connectivity index is 1.65. The van der Waals surface area contributed by atoms with E-state index in [0.717, 1.165) is 23.4 Å². The van der Waals surface area contributed by atoms with Crippen LogP contribution in [-0.2, 0) is 17.6 Å². The lowest BCUT2D eigenvalue weighted by atomic mass is 9.93. The van der Waals surface area contributed by atoms with E-state index in [0.29, 0.717) is 18.2 Å². The van der Waals surface area contributed by atoms with Gasteiger partial charge in [-0.25, -0.2) is 0 Å². The van der Waals surface area contributed by atoms with Crippen molar-refractivity contribution in [1.29, 1.82) is 0 Å². The van der Waals surface area contributed by atoms with E-state index in [4.69, 9.17) is 5.73 Å². The maximum absolute atomic E-state index is 11.5. The number of anilines is 3. The van der Waals surface area contributed by atoms with Crippen molar-refractivity contribution in [2.24, 2.45) is 0 Å². The Morgan fingerprint density at radius 3 is 3.19 bits per heavy atom. The molecule has 1 amide bonds. The number of nitrogen functional groups attached to an aromatic ring is 1. The number of nitrogens with two attached hydrogens (primary N) is 1. The topological polar surface area (TPSA) is 67.2 Å². The molecular weight excluding hydrogens is 282 g/mol. The van der Waals surface area contributed by atoms with Crippen LogP contribution in [0.3, 0.4) is 0 Å². The molecule has 1 aliphatic carbocycles. The van der Waals surface area contributed by atoms with Crippen LogP contribution in [0.25, 0.3) is 0 Å². The summed E-state index contributed by atoms with van der Waals surface area (Å²) < 4.78 is 0. The van der Waals surface area contributed by atoms with Crippen molar-refractivity contribution >= 4 is 34.3 Å². The molecule has 4 rings (SSSR count). The summed E-state index contributed by atoms with van der Waals surface area (Å²) in [7, 11) is 0.